The van der Waals surface area contributed by atoms with Gasteiger partial charge in [0.2, 0.25) is 0 Å². The van der Waals surface area contributed by atoms with Gasteiger partial charge >= 0.3 is 0 Å². The maximum absolute atomic E-state index is 12.6. The van der Waals surface area contributed by atoms with Gasteiger partial charge in [0.25, 0.3) is 11.7 Å². The number of anilines is 1. The summed E-state index contributed by atoms with van der Waals surface area (Å²) in [7, 11) is 2.93. The molecule has 23 heavy (non-hydrogen) atoms. The Kier molecular flexibility index (Phi) is 5.81. The molecule has 1 amide bonds. The number of halogens is 2. The molecule has 0 unspecified atom stereocenters. The molecule has 0 heterocycles. The molecule has 0 aliphatic heterocycles. The van der Waals surface area contributed by atoms with Gasteiger partial charge in [0.15, 0.2) is 0 Å². The molecule has 0 saturated carbocycles. The first-order valence-corrected chi connectivity index (χ1v) is 7.50. The summed E-state index contributed by atoms with van der Waals surface area (Å²) in [6, 6.07) is 11.2. The van der Waals surface area contributed by atoms with E-state index >= 15 is 0 Å². The van der Waals surface area contributed by atoms with Crippen molar-refractivity contribution < 1.29 is 23.0 Å². The zero-order valence-corrected chi connectivity index (χ0v) is 13.3. The van der Waals surface area contributed by atoms with Crippen molar-refractivity contribution in [2.75, 3.05) is 19.5 Å². The van der Waals surface area contributed by atoms with Crippen LogP contribution >= 0.6 is 11.8 Å². The summed E-state index contributed by atoms with van der Waals surface area (Å²) in [5.74, 6) is -2.18. The second-order valence-corrected chi connectivity index (χ2v) is 5.43. The van der Waals surface area contributed by atoms with Gasteiger partial charge in [-0.1, -0.05) is 23.9 Å². The normalized spacial score (nSPS) is 10.5. The molecule has 0 fully saturated rings. The fraction of sp³-hybridized carbons (Fsp3) is 0.188. The van der Waals surface area contributed by atoms with E-state index in [-0.39, 0.29) is 10.5 Å². The van der Waals surface area contributed by atoms with Crippen molar-refractivity contribution in [1.82, 2.24) is 0 Å². The minimum atomic E-state index is -2.57. The molecule has 0 spiro atoms. The zero-order valence-electron chi connectivity index (χ0n) is 12.5. The maximum atomic E-state index is 12.6. The predicted octanol–water partition coefficient (Wildman–Crippen LogP) is 4.27. The lowest BCUT2D eigenvalue weighted by atomic mass is 10.1. The first kappa shape index (κ1) is 17.1. The first-order chi connectivity index (χ1) is 11.0. The van der Waals surface area contributed by atoms with Crippen LogP contribution in [0.3, 0.4) is 0 Å². The molecule has 2 aromatic rings. The Balaban J connectivity index is 2.29. The Morgan fingerprint density at radius 2 is 1.87 bits per heavy atom. The number of methoxy groups -OCH3 is 2. The van der Waals surface area contributed by atoms with Crippen molar-refractivity contribution in [3.05, 3.63) is 48.0 Å². The summed E-state index contributed by atoms with van der Waals surface area (Å²) in [4.78, 5) is 12.7. The molecule has 0 saturated heterocycles. The number of ether oxygens (including phenoxy) is 2. The van der Waals surface area contributed by atoms with Crippen molar-refractivity contribution in [1.29, 1.82) is 0 Å². The van der Waals surface area contributed by atoms with Gasteiger partial charge in [-0.2, -0.15) is 8.78 Å². The van der Waals surface area contributed by atoms with Crippen LogP contribution in [0.5, 0.6) is 11.5 Å². The van der Waals surface area contributed by atoms with E-state index in [1.165, 1.54) is 26.4 Å². The van der Waals surface area contributed by atoms with Crippen LogP contribution in [0.15, 0.2) is 47.4 Å². The molecule has 2 aromatic carbocycles. The van der Waals surface area contributed by atoms with Crippen LogP contribution in [-0.4, -0.2) is 25.9 Å². The Labute approximate surface area is 136 Å². The largest absolute Gasteiger partial charge is 0.497 e. The number of alkyl halides is 2. The third-order valence-corrected chi connectivity index (χ3v) is 3.79. The van der Waals surface area contributed by atoms with Crippen LogP contribution in [0.2, 0.25) is 0 Å². The Bertz CT molecular complexity index is 695. The molecule has 7 heteroatoms. The topological polar surface area (TPSA) is 47.6 Å². The van der Waals surface area contributed by atoms with Crippen molar-refractivity contribution in [3.63, 3.8) is 0 Å². The lowest BCUT2D eigenvalue weighted by Crippen LogP contribution is -2.14. The van der Waals surface area contributed by atoms with Gasteiger partial charge in [0.05, 0.1) is 25.5 Å². The summed E-state index contributed by atoms with van der Waals surface area (Å²) in [5.41, 5.74) is 0.566. The number of thioether (sulfide) groups is 1. The average molecular weight is 339 g/mol. The van der Waals surface area contributed by atoms with Crippen LogP contribution < -0.4 is 14.8 Å². The summed E-state index contributed by atoms with van der Waals surface area (Å²) < 4.78 is 35.4. The molecule has 0 aliphatic rings. The second-order valence-electron chi connectivity index (χ2n) is 4.40. The predicted molar refractivity (Wildman–Crippen MR) is 85.8 cm³/mol. The van der Waals surface area contributed by atoms with E-state index in [0.29, 0.717) is 28.9 Å². The minimum Gasteiger partial charge on any atom is -0.497 e. The van der Waals surface area contributed by atoms with Crippen molar-refractivity contribution in [2.45, 2.75) is 10.7 Å². The number of para-hydroxylation sites is 1. The monoisotopic (exact) mass is 339 g/mol. The Morgan fingerprint density at radius 1 is 1.13 bits per heavy atom. The molecule has 122 valence electrons. The van der Waals surface area contributed by atoms with Gasteiger partial charge in [-0.25, -0.2) is 0 Å². The number of amides is 1. The summed E-state index contributed by atoms with van der Waals surface area (Å²) in [5, 5.41) is 2.63. The number of hydrogen-bond acceptors (Lipinski definition) is 4. The second kappa shape index (κ2) is 7.82. The van der Waals surface area contributed by atoms with Crippen LogP contribution in [0.25, 0.3) is 0 Å². The molecule has 2 rings (SSSR count). The number of benzene rings is 2. The van der Waals surface area contributed by atoms with E-state index in [2.05, 4.69) is 5.32 Å². The third kappa shape index (κ3) is 4.35. The molecule has 1 N–H and O–H groups in total. The number of rotatable bonds is 6. The number of hydrogen-bond donors (Lipinski definition) is 1. The van der Waals surface area contributed by atoms with Crippen LogP contribution in [0.4, 0.5) is 14.5 Å². The Hall–Kier alpha value is -2.28. The summed E-state index contributed by atoms with van der Waals surface area (Å²) >= 11 is 0.376. The fourth-order valence-electron chi connectivity index (χ4n) is 1.95. The number of carbonyl (C=O) groups is 1. The van der Waals surface area contributed by atoms with Gasteiger partial charge in [-0.05, 0) is 30.3 Å². The third-order valence-electron chi connectivity index (χ3n) is 3.00. The minimum absolute atomic E-state index is 0.253. The van der Waals surface area contributed by atoms with Gasteiger partial charge in [0.1, 0.15) is 11.5 Å². The lowest BCUT2D eigenvalue weighted by Gasteiger charge is -2.13. The maximum Gasteiger partial charge on any atom is 0.288 e. The summed E-state index contributed by atoms with van der Waals surface area (Å²) in [6.45, 7) is 0. The molecule has 0 radical (unpaired) electrons. The zero-order chi connectivity index (χ0) is 16.8. The summed E-state index contributed by atoms with van der Waals surface area (Å²) in [6.07, 6.45) is 0. The van der Waals surface area contributed by atoms with Crippen molar-refractivity contribution in [2.24, 2.45) is 0 Å². The van der Waals surface area contributed by atoms with Crippen LogP contribution in [0, 0.1) is 0 Å². The fourth-order valence-corrected chi connectivity index (χ4v) is 2.54. The SMILES string of the molecule is COc1ccc(OC)c(C(=O)Nc2ccccc2SC(F)F)c1. The molecule has 4 nitrogen and oxygen atoms in total. The number of carbonyl (C=O) groups excluding carboxylic acids is 1. The highest BCUT2D eigenvalue weighted by Crippen LogP contribution is 2.32. The molecule has 0 bridgehead atoms. The number of nitrogens with one attached hydrogen (secondary N) is 1. The average Bonchev–Trinajstić information content (AvgIpc) is 2.55. The molecule has 0 atom stereocenters. The lowest BCUT2D eigenvalue weighted by molar-refractivity contribution is 0.102. The van der Waals surface area contributed by atoms with E-state index < -0.39 is 11.7 Å². The standard InChI is InChI=1S/C16H15F2NO3S/c1-21-10-7-8-13(22-2)11(9-10)15(20)19-12-5-3-4-6-14(12)23-16(17)18/h3-9,16H,1-2H3,(H,19,20). The molecular formula is C16H15F2NO3S. The Morgan fingerprint density at radius 3 is 2.52 bits per heavy atom. The van der Waals surface area contributed by atoms with Crippen LogP contribution in [-0.2, 0) is 0 Å². The first-order valence-electron chi connectivity index (χ1n) is 6.62. The van der Waals surface area contributed by atoms with E-state index in [1.54, 1.807) is 30.3 Å². The quantitative estimate of drug-likeness (QED) is 0.799. The highest BCUT2D eigenvalue weighted by Gasteiger charge is 2.16. The van der Waals surface area contributed by atoms with E-state index in [9.17, 15) is 13.6 Å². The highest BCUT2D eigenvalue weighted by molar-refractivity contribution is 7.99. The van der Waals surface area contributed by atoms with Crippen molar-refractivity contribution >= 4 is 23.4 Å². The van der Waals surface area contributed by atoms with E-state index in [4.69, 9.17) is 9.47 Å². The van der Waals surface area contributed by atoms with Gasteiger partial charge in [-0.15, -0.1) is 0 Å². The van der Waals surface area contributed by atoms with E-state index in [0.717, 1.165) is 0 Å². The molecular weight excluding hydrogens is 324 g/mol. The van der Waals surface area contributed by atoms with Crippen LogP contribution in [0.1, 0.15) is 10.4 Å². The van der Waals surface area contributed by atoms with Gasteiger partial charge in [0, 0.05) is 4.90 Å². The molecule has 0 aromatic heterocycles. The van der Waals surface area contributed by atoms with Gasteiger partial charge in [-0.3, -0.25) is 4.79 Å². The van der Waals surface area contributed by atoms with Gasteiger partial charge < -0.3 is 14.8 Å². The van der Waals surface area contributed by atoms with Crippen molar-refractivity contribution in [3.8, 4) is 11.5 Å². The van der Waals surface area contributed by atoms with E-state index in [1.807, 2.05) is 0 Å². The highest BCUT2D eigenvalue weighted by atomic mass is 32.2. The molecule has 0 aliphatic carbocycles. The smallest absolute Gasteiger partial charge is 0.288 e.